The van der Waals surface area contributed by atoms with Gasteiger partial charge in [0, 0.05) is 45.0 Å². The van der Waals surface area contributed by atoms with Gasteiger partial charge in [0.05, 0.1) is 16.8 Å². The zero-order valence-electron chi connectivity index (χ0n) is 19.7. The number of nitrogens with one attached hydrogen (secondary N) is 3. The highest BCUT2D eigenvalue weighted by Crippen LogP contribution is 2.27. The Bertz CT molecular complexity index is 1140. The molecule has 2 aliphatic heterocycles. The van der Waals surface area contributed by atoms with E-state index < -0.39 is 15.6 Å². The first-order valence-electron chi connectivity index (χ1n) is 11.3. The number of ether oxygens (including phenoxy) is 1. The van der Waals surface area contributed by atoms with Gasteiger partial charge in [0.25, 0.3) is 0 Å². The Morgan fingerprint density at radius 2 is 1.88 bits per heavy atom. The van der Waals surface area contributed by atoms with Crippen molar-refractivity contribution in [2.75, 3.05) is 54.8 Å². The number of benzene rings is 1. The number of fused-ring (bicyclic) bond motifs is 4. The monoisotopic (exact) mass is 489 g/mol. The van der Waals surface area contributed by atoms with Gasteiger partial charge < -0.3 is 25.2 Å². The molecular formula is C22H31N7O4S. The number of sulfonamides is 1. The van der Waals surface area contributed by atoms with Gasteiger partial charge in [0.2, 0.25) is 16.0 Å². The molecule has 0 spiro atoms. The molecule has 4 rings (SSSR count). The van der Waals surface area contributed by atoms with E-state index >= 15 is 0 Å². The van der Waals surface area contributed by atoms with Crippen LogP contribution in [0.1, 0.15) is 27.2 Å². The van der Waals surface area contributed by atoms with Crippen LogP contribution in [0.3, 0.4) is 0 Å². The van der Waals surface area contributed by atoms with Gasteiger partial charge >= 0.3 is 6.09 Å². The Hall–Kier alpha value is -3.12. The van der Waals surface area contributed by atoms with Crippen molar-refractivity contribution in [2.45, 2.75) is 37.7 Å². The van der Waals surface area contributed by atoms with E-state index in [9.17, 15) is 13.2 Å². The molecular weight excluding hydrogens is 458 g/mol. The highest BCUT2D eigenvalue weighted by atomic mass is 32.2. The van der Waals surface area contributed by atoms with Crippen molar-refractivity contribution in [3.8, 4) is 0 Å². The molecule has 0 aliphatic carbocycles. The number of hydrogen-bond donors (Lipinski definition) is 3. The van der Waals surface area contributed by atoms with E-state index in [1.54, 1.807) is 35.4 Å². The molecule has 4 bridgehead atoms. The summed E-state index contributed by atoms with van der Waals surface area (Å²) in [5.74, 6) is 1.02. The number of carbonyl (C=O) groups is 1. The highest BCUT2D eigenvalue weighted by molar-refractivity contribution is 7.89. The number of carbonyl (C=O) groups excluding carboxylic acids is 1. The minimum atomic E-state index is -3.59. The van der Waals surface area contributed by atoms with Gasteiger partial charge in [-0.3, -0.25) is 0 Å². The molecule has 0 radical (unpaired) electrons. The topological polar surface area (TPSA) is 129 Å². The molecule has 1 saturated heterocycles. The molecule has 2 aromatic rings. The van der Waals surface area contributed by atoms with Crippen LogP contribution >= 0.6 is 0 Å². The van der Waals surface area contributed by atoms with Crippen molar-refractivity contribution in [3.05, 3.63) is 30.5 Å². The molecule has 1 fully saturated rings. The Labute approximate surface area is 200 Å². The summed E-state index contributed by atoms with van der Waals surface area (Å²) in [6.45, 7) is 8.69. The fourth-order valence-electron chi connectivity index (χ4n) is 3.71. The molecule has 184 valence electrons. The number of amides is 1. The first-order chi connectivity index (χ1) is 16.1. The quantitative estimate of drug-likeness (QED) is 0.553. The summed E-state index contributed by atoms with van der Waals surface area (Å²) in [6.07, 6.45) is 2.02. The number of nitrogens with zero attached hydrogens (tertiary/aromatic N) is 4. The maximum Gasteiger partial charge on any atom is 0.410 e. The van der Waals surface area contributed by atoms with E-state index in [4.69, 9.17) is 4.74 Å². The molecule has 1 aromatic carbocycles. The minimum absolute atomic E-state index is 0.185. The lowest BCUT2D eigenvalue weighted by atomic mass is 10.2. The van der Waals surface area contributed by atoms with Crippen LogP contribution in [-0.4, -0.2) is 74.2 Å². The standard InChI is InChI=1S/C22H31N7O4S/c1-22(2,3)33-21(30)29-12-10-28(11-13-29)18-15-24-20-26-16-6-4-7-17(14-16)34(31,32)25-9-5-8-23-19(18)27-20/h4,6-7,14-15,25H,5,8-13H2,1-3H3,(H2,23,24,26,27). The van der Waals surface area contributed by atoms with Crippen LogP contribution in [0.2, 0.25) is 0 Å². The molecule has 3 heterocycles. The summed E-state index contributed by atoms with van der Waals surface area (Å²) in [6, 6.07) is 6.55. The molecule has 3 N–H and O–H groups in total. The predicted octanol–water partition coefficient (Wildman–Crippen LogP) is 2.37. The Balaban J connectivity index is 1.52. The average molecular weight is 490 g/mol. The van der Waals surface area contributed by atoms with Gasteiger partial charge in [0.15, 0.2) is 5.82 Å². The number of rotatable bonds is 1. The van der Waals surface area contributed by atoms with Gasteiger partial charge in [-0.2, -0.15) is 4.98 Å². The highest BCUT2D eigenvalue weighted by Gasteiger charge is 2.27. The molecule has 1 aromatic heterocycles. The molecule has 1 amide bonds. The summed E-state index contributed by atoms with van der Waals surface area (Å²) in [5, 5.41) is 6.41. The molecule has 12 heteroatoms. The van der Waals surface area contributed by atoms with Crippen molar-refractivity contribution in [1.29, 1.82) is 0 Å². The average Bonchev–Trinajstić information content (AvgIpc) is 2.78. The van der Waals surface area contributed by atoms with Crippen molar-refractivity contribution in [2.24, 2.45) is 0 Å². The molecule has 34 heavy (non-hydrogen) atoms. The fraction of sp³-hybridized carbons (Fsp3) is 0.500. The van der Waals surface area contributed by atoms with Gasteiger partial charge in [-0.1, -0.05) is 6.07 Å². The zero-order valence-corrected chi connectivity index (χ0v) is 20.5. The predicted molar refractivity (Wildman–Crippen MR) is 130 cm³/mol. The number of piperazine rings is 1. The van der Waals surface area contributed by atoms with Crippen molar-refractivity contribution < 1.29 is 17.9 Å². The number of anilines is 4. The molecule has 0 unspecified atom stereocenters. The van der Waals surface area contributed by atoms with Crippen LogP contribution in [-0.2, 0) is 14.8 Å². The van der Waals surface area contributed by atoms with Gasteiger partial charge in [0.1, 0.15) is 5.60 Å². The molecule has 0 atom stereocenters. The van der Waals surface area contributed by atoms with E-state index in [-0.39, 0.29) is 11.0 Å². The SMILES string of the molecule is CC(C)(C)OC(=O)N1CCN(c2cnc3nc2NCCCNS(=O)(=O)c2cccc(c2)N3)CC1. The second kappa shape index (κ2) is 9.63. The third-order valence-electron chi connectivity index (χ3n) is 5.38. The molecule has 2 aliphatic rings. The Morgan fingerprint density at radius 3 is 2.62 bits per heavy atom. The molecule has 0 saturated carbocycles. The Kier molecular flexibility index (Phi) is 6.80. The second-order valence-corrected chi connectivity index (χ2v) is 11.0. The first-order valence-corrected chi connectivity index (χ1v) is 12.8. The molecule has 11 nitrogen and oxygen atoms in total. The van der Waals surface area contributed by atoms with Crippen LogP contribution in [0.5, 0.6) is 0 Å². The van der Waals surface area contributed by atoms with Crippen LogP contribution < -0.4 is 20.3 Å². The van der Waals surface area contributed by atoms with Crippen LogP contribution in [0.4, 0.5) is 27.9 Å². The fourth-order valence-corrected chi connectivity index (χ4v) is 4.83. The number of aromatic nitrogens is 2. The smallest absolute Gasteiger partial charge is 0.410 e. The van der Waals surface area contributed by atoms with Crippen molar-refractivity contribution in [1.82, 2.24) is 19.6 Å². The lowest BCUT2D eigenvalue weighted by Gasteiger charge is -2.37. The Morgan fingerprint density at radius 1 is 1.12 bits per heavy atom. The lowest BCUT2D eigenvalue weighted by molar-refractivity contribution is 0.0240. The number of hydrogen-bond acceptors (Lipinski definition) is 9. The largest absolute Gasteiger partial charge is 0.444 e. The summed E-state index contributed by atoms with van der Waals surface area (Å²) in [7, 11) is -3.59. The maximum absolute atomic E-state index is 12.5. The summed E-state index contributed by atoms with van der Waals surface area (Å²) < 4.78 is 33.2. The third-order valence-corrected chi connectivity index (χ3v) is 6.84. The normalized spacial score (nSPS) is 18.4. The van der Waals surface area contributed by atoms with Crippen LogP contribution in [0, 0.1) is 0 Å². The summed E-state index contributed by atoms with van der Waals surface area (Å²) >= 11 is 0. The van der Waals surface area contributed by atoms with Gasteiger partial charge in [-0.15, -0.1) is 0 Å². The van der Waals surface area contributed by atoms with Crippen molar-refractivity contribution in [3.63, 3.8) is 0 Å². The lowest BCUT2D eigenvalue weighted by Crippen LogP contribution is -2.50. The van der Waals surface area contributed by atoms with E-state index in [0.717, 1.165) is 5.69 Å². The van der Waals surface area contributed by atoms with Gasteiger partial charge in [-0.05, 0) is 45.4 Å². The van der Waals surface area contributed by atoms with Crippen LogP contribution in [0.15, 0.2) is 35.4 Å². The minimum Gasteiger partial charge on any atom is -0.444 e. The van der Waals surface area contributed by atoms with E-state index in [1.807, 2.05) is 20.8 Å². The third kappa shape index (κ3) is 5.86. The van der Waals surface area contributed by atoms with E-state index in [1.165, 1.54) is 0 Å². The zero-order chi connectivity index (χ0) is 24.3. The first kappa shape index (κ1) is 24.0. The van der Waals surface area contributed by atoms with Crippen LogP contribution in [0.25, 0.3) is 0 Å². The summed E-state index contributed by atoms with van der Waals surface area (Å²) in [4.78, 5) is 25.5. The second-order valence-electron chi connectivity index (χ2n) is 9.21. The van der Waals surface area contributed by atoms with E-state index in [0.29, 0.717) is 63.1 Å². The van der Waals surface area contributed by atoms with Crippen molar-refractivity contribution >= 4 is 39.3 Å². The van der Waals surface area contributed by atoms with E-state index in [2.05, 4.69) is 30.2 Å². The maximum atomic E-state index is 12.5. The van der Waals surface area contributed by atoms with Gasteiger partial charge in [-0.25, -0.2) is 22.9 Å². The summed E-state index contributed by atoms with van der Waals surface area (Å²) in [5.41, 5.74) is 0.877.